The zero-order valence-electron chi connectivity index (χ0n) is 6.63. The highest BCUT2D eigenvalue weighted by molar-refractivity contribution is 5.58. The molecule has 2 heteroatoms. The fourth-order valence-corrected chi connectivity index (χ4v) is 0.883. The molecule has 1 N–H and O–H groups in total. The maximum absolute atomic E-state index is 8.60. The number of aryl methyl sites for hydroxylation is 1. The van der Waals surface area contributed by atoms with Crippen LogP contribution in [0.1, 0.15) is 17.9 Å². The Morgan fingerprint density at radius 2 is 2.36 bits per heavy atom. The molecule has 0 amide bonds. The molecule has 1 aromatic heterocycles. The van der Waals surface area contributed by atoms with Gasteiger partial charge in [-0.25, -0.2) is 0 Å². The van der Waals surface area contributed by atoms with Crippen LogP contribution in [-0.4, -0.2) is 11.7 Å². The predicted molar refractivity (Wildman–Crippen MR) is 44.2 cm³/mol. The first-order valence-electron chi connectivity index (χ1n) is 3.59. The van der Waals surface area contributed by atoms with Crippen LogP contribution in [0.3, 0.4) is 0 Å². The fraction of sp³-hybridized carbons (Fsp3) is 0.333. The quantitative estimate of drug-likeness (QED) is 0.718. The molecule has 0 bridgehead atoms. The van der Waals surface area contributed by atoms with E-state index < -0.39 is 0 Å². The summed E-state index contributed by atoms with van der Waals surface area (Å²) in [6, 6.07) is 3.76. The Bertz CT molecular complexity index is 248. The van der Waals surface area contributed by atoms with E-state index in [9.17, 15) is 0 Å². The predicted octanol–water partition coefficient (Wildman–Crippen LogP) is 1.98. The lowest BCUT2D eigenvalue weighted by atomic mass is 10.2. The van der Waals surface area contributed by atoms with Crippen molar-refractivity contribution in [2.45, 2.75) is 13.3 Å². The molecule has 2 nitrogen and oxygen atoms in total. The highest BCUT2D eigenvalue weighted by Gasteiger charge is 2.01. The van der Waals surface area contributed by atoms with Gasteiger partial charge in [-0.1, -0.05) is 6.58 Å². The summed E-state index contributed by atoms with van der Waals surface area (Å²) >= 11 is 0. The molecule has 1 rings (SSSR count). The van der Waals surface area contributed by atoms with Gasteiger partial charge in [-0.3, -0.25) is 0 Å². The molecule has 0 fully saturated rings. The third-order valence-corrected chi connectivity index (χ3v) is 1.50. The summed E-state index contributed by atoms with van der Waals surface area (Å²) in [7, 11) is 0. The van der Waals surface area contributed by atoms with Crippen LogP contribution in [0.15, 0.2) is 23.1 Å². The second kappa shape index (κ2) is 3.39. The lowest BCUT2D eigenvalue weighted by Crippen LogP contribution is -1.84. The van der Waals surface area contributed by atoms with E-state index in [1.54, 1.807) is 0 Å². The summed E-state index contributed by atoms with van der Waals surface area (Å²) in [6.07, 6.45) is 0.576. The van der Waals surface area contributed by atoms with Gasteiger partial charge in [0.25, 0.3) is 0 Å². The minimum Gasteiger partial charge on any atom is -0.462 e. The van der Waals surface area contributed by atoms with Gasteiger partial charge in [0, 0.05) is 6.61 Å². The zero-order valence-corrected chi connectivity index (χ0v) is 6.63. The second-order valence-electron chi connectivity index (χ2n) is 2.49. The summed E-state index contributed by atoms with van der Waals surface area (Å²) in [5, 5.41) is 8.60. The van der Waals surface area contributed by atoms with Gasteiger partial charge in [0.2, 0.25) is 0 Å². The van der Waals surface area contributed by atoms with Gasteiger partial charge in [0.05, 0.1) is 0 Å². The Morgan fingerprint density at radius 3 is 2.82 bits per heavy atom. The molecule has 0 aliphatic carbocycles. The molecule has 0 aromatic carbocycles. The molecule has 11 heavy (non-hydrogen) atoms. The number of hydrogen-bond acceptors (Lipinski definition) is 2. The van der Waals surface area contributed by atoms with Gasteiger partial charge in [-0.15, -0.1) is 0 Å². The van der Waals surface area contributed by atoms with Crippen LogP contribution in [0.25, 0.3) is 5.57 Å². The topological polar surface area (TPSA) is 33.4 Å². The van der Waals surface area contributed by atoms with Crippen molar-refractivity contribution in [3.63, 3.8) is 0 Å². The molecule has 0 unspecified atom stereocenters. The van der Waals surface area contributed by atoms with Crippen LogP contribution in [0, 0.1) is 6.92 Å². The van der Waals surface area contributed by atoms with E-state index in [1.807, 2.05) is 19.1 Å². The highest BCUT2D eigenvalue weighted by Crippen LogP contribution is 2.17. The van der Waals surface area contributed by atoms with Crippen LogP contribution in [0.5, 0.6) is 0 Å². The van der Waals surface area contributed by atoms with E-state index in [1.165, 1.54) is 0 Å². The van der Waals surface area contributed by atoms with Gasteiger partial charge in [-0.2, -0.15) is 0 Å². The Kier molecular flexibility index (Phi) is 2.49. The lowest BCUT2D eigenvalue weighted by Gasteiger charge is -1.97. The lowest BCUT2D eigenvalue weighted by molar-refractivity contribution is 0.304. The molecule has 1 heterocycles. The minimum atomic E-state index is 0.124. The highest BCUT2D eigenvalue weighted by atomic mass is 16.3. The van der Waals surface area contributed by atoms with Gasteiger partial charge in [0.15, 0.2) is 0 Å². The number of rotatable bonds is 3. The molecule has 0 aliphatic rings. The van der Waals surface area contributed by atoms with Gasteiger partial charge in [-0.05, 0) is 31.1 Å². The molecule has 0 atom stereocenters. The molecule has 0 saturated heterocycles. The number of furan rings is 1. The second-order valence-corrected chi connectivity index (χ2v) is 2.49. The van der Waals surface area contributed by atoms with Crippen LogP contribution in [0.4, 0.5) is 0 Å². The number of aliphatic hydroxyl groups is 1. The van der Waals surface area contributed by atoms with Gasteiger partial charge >= 0.3 is 0 Å². The first kappa shape index (κ1) is 8.08. The number of hydrogen-bond donors (Lipinski definition) is 1. The fourth-order valence-electron chi connectivity index (χ4n) is 0.883. The van der Waals surface area contributed by atoms with Crippen molar-refractivity contribution in [2.75, 3.05) is 6.61 Å². The third kappa shape index (κ3) is 1.95. The van der Waals surface area contributed by atoms with E-state index >= 15 is 0 Å². The van der Waals surface area contributed by atoms with Crippen molar-refractivity contribution in [3.05, 3.63) is 30.2 Å². The Hall–Kier alpha value is -1.02. The van der Waals surface area contributed by atoms with Crippen molar-refractivity contribution < 1.29 is 9.52 Å². The van der Waals surface area contributed by atoms with Crippen LogP contribution < -0.4 is 0 Å². The maximum atomic E-state index is 8.60. The molecule has 60 valence electrons. The summed E-state index contributed by atoms with van der Waals surface area (Å²) in [6.45, 7) is 5.78. The molecular weight excluding hydrogens is 140 g/mol. The van der Waals surface area contributed by atoms with Crippen LogP contribution >= 0.6 is 0 Å². The molecule has 1 aromatic rings. The van der Waals surface area contributed by atoms with E-state index in [-0.39, 0.29) is 6.61 Å². The third-order valence-electron chi connectivity index (χ3n) is 1.50. The standard InChI is InChI=1S/C9H12O2/c1-7(5-6-10)9-4-3-8(2)11-9/h3-4,10H,1,5-6H2,2H3. The zero-order chi connectivity index (χ0) is 8.27. The summed E-state index contributed by atoms with van der Waals surface area (Å²) < 4.78 is 5.29. The average molecular weight is 152 g/mol. The van der Waals surface area contributed by atoms with E-state index in [0.717, 1.165) is 17.1 Å². The molecular formula is C9H12O2. The van der Waals surface area contributed by atoms with E-state index in [4.69, 9.17) is 9.52 Å². The van der Waals surface area contributed by atoms with Crippen LogP contribution in [-0.2, 0) is 0 Å². The van der Waals surface area contributed by atoms with Crippen molar-refractivity contribution in [1.29, 1.82) is 0 Å². The normalized spacial score (nSPS) is 10.0. The first-order chi connectivity index (χ1) is 5.24. The smallest absolute Gasteiger partial charge is 0.129 e. The largest absolute Gasteiger partial charge is 0.462 e. The minimum absolute atomic E-state index is 0.124. The Balaban J connectivity index is 2.69. The van der Waals surface area contributed by atoms with E-state index in [0.29, 0.717) is 6.42 Å². The van der Waals surface area contributed by atoms with Crippen molar-refractivity contribution in [2.24, 2.45) is 0 Å². The Labute approximate surface area is 66.2 Å². The summed E-state index contributed by atoms with van der Waals surface area (Å²) in [5.74, 6) is 1.65. The van der Waals surface area contributed by atoms with Gasteiger partial charge < -0.3 is 9.52 Å². The SMILES string of the molecule is C=C(CCO)c1ccc(C)o1. The molecule has 0 radical (unpaired) electrons. The summed E-state index contributed by atoms with van der Waals surface area (Å²) in [5.41, 5.74) is 0.848. The molecule has 0 spiro atoms. The molecule has 0 aliphatic heterocycles. The first-order valence-corrected chi connectivity index (χ1v) is 3.59. The number of aliphatic hydroxyl groups excluding tert-OH is 1. The van der Waals surface area contributed by atoms with Gasteiger partial charge in [0.1, 0.15) is 11.5 Å². The monoisotopic (exact) mass is 152 g/mol. The van der Waals surface area contributed by atoms with Crippen LogP contribution in [0.2, 0.25) is 0 Å². The van der Waals surface area contributed by atoms with Crippen molar-refractivity contribution >= 4 is 5.57 Å². The van der Waals surface area contributed by atoms with Crippen molar-refractivity contribution in [3.8, 4) is 0 Å². The summed E-state index contributed by atoms with van der Waals surface area (Å²) in [4.78, 5) is 0. The van der Waals surface area contributed by atoms with E-state index in [2.05, 4.69) is 6.58 Å². The molecule has 0 saturated carbocycles. The average Bonchev–Trinajstić information content (AvgIpc) is 2.36. The van der Waals surface area contributed by atoms with Crippen molar-refractivity contribution in [1.82, 2.24) is 0 Å². The maximum Gasteiger partial charge on any atom is 0.129 e. The Morgan fingerprint density at radius 1 is 1.64 bits per heavy atom.